The fourth-order valence-electron chi connectivity index (χ4n) is 1.86. The van der Waals surface area contributed by atoms with E-state index in [0.717, 1.165) is 6.42 Å². The van der Waals surface area contributed by atoms with Crippen molar-refractivity contribution in [1.29, 1.82) is 0 Å². The van der Waals surface area contributed by atoms with Gasteiger partial charge in [0.15, 0.2) is 6.61 Å². The monoisotopic (exact) mass is 293 g/mol. The molecule has 1 rings (SSSR count). The molecule has 0 spiro atoms. The van der Waals surface area contributed by atoms with E-state index in [-0.39, 0.29) is 24.4 Å². The highest BCUT2D eigenvalue weighted by Crippen LogP contribution is 2.12. The van der Waals surface area contributed by atoms with E-state index in [1.165, 1.54) is 17.6 Å². The number of rotatable bonds is 7. The Morgan fingerprint density at radius 3 is 2.38 bits per heavy atom. The average Bonchev–Trinajstić information content (AvgIpc) is 2.51. The van der Waals surface area contributed by atoms with E-state index in [2.05, 4.69) is 11.7 Å². The predicted molar refractivity (Wildman–Crippen MR) is 80.1 cm³/mol. The number of hydrogen-bond donors (Lipinski definition) is 0. The molecule has 1 aromatic rings. The molecule has 0 aliphatic carbocycles. The fraction of sp³-hybridized carbons (Fsp3) is 0.500. The van der Waals surface area contributed by atoms with Gasteiger partial charge in [0, 0.05) is 13.6 Å². The molecular formula is C16H23NO4. The Bertz CT molecular complexity index is 470. The van der Waals surface area contributed by atoms with Crippen LogP contribution in [-0.2, 0) is 20.7 Å². The first-order chi connectivity index (χ1) is 9.97. The van der Waals surface area contributed by atoms with Gasteiger partial charge in [-0.3, -0.25) is 9.59 Å². The molecule has 1 aromatic carbocycles. The van der Waals surface area contributed by atoms with Crippen molar-refractivity contribution in [3.63, 3.8) is 0 Å². The number of amides is 1. The van der Waals surface area contributed by atoms with E-state index in [1.807, 2.05) is 24.3 Å². The summed E-state index contributed by atoms with van der Waals surface area (Å²) in [5.74, 6) is -0.196. The molecule has 116 valence electrons. The largest absolute Gasteiger partial charge is 0.484 e. The third kappa shape index (κ3) is 5.45. The summed E-state index contributed by atoms with van der Waals surface area (Å²) < 4.78 is 10.1. The Hall–Kier alpha value is -2.04. The van der Waals surface area contributed by atoms with Gasteiger partial charge in [0.25, 0.3) is 5.91 Å². The van der Waals surface area contributed by atoms with Gasteiger partial charge in [-0.15, -0.1) is 0 Å². The number of benzene rings is 1. The van der Waals surface area contributed by atoms with Gasteiger partial charge in [-0.05, 0) is 24.1 Å². The van der Waals surface area contributed by atoms with Crippen LogP contribution in [0.1, 0.15) is 19.4 Å². The van der Waals surface area contributed by atoms with Crippen LogP contribution >= 0.6 is 0 Å². The maximum atomic E-state index is 11.9. The predicted octanol–water partition coefficient (Wildman–Crippen LogP) is 1.90. The molecule has 0 fully saturated rings. The topological polar surface area (TPSA) is 55.8 Å². The number of carbonyl (C=O) groups excluding carboxylic acids is 2. The summed E-state index contributed by atoms with van der Waals surface area (Å²) in [6.45, 7) is 4.07. The number of aryl methyl sites for hydroxylation is 1. The standard InChI is InChI=1S/C16H23NO4/c1-5-13-6-8-14(9-7-13)21-11-15(18)17(3)10-12(2)16(19)20-4/h6-9,12H,5,10-11H2,1-4H3. The second-order valence-corrected chi connectivity index (χ2v) is 4.98. The zero-order valence-corrected chi connectivity index (χ0v) is 13.1. The van der Waals surface area contributed by atoms with Crippen molar-refractivity contribution in [2.24, 2.45) is 5.92 Å². The molecule has 21 heavy (non-hydrogen) atoms. The molecule has 5 nitrogen and oxygen atoms in total. The van der Waals surface area contributed by atoms with Crippen molar-refractivity contribution in [3.05, 3.63) is 29.8 Å². The number of hydrogen-bond acceptors (Lipinski definition) is 4. The van der Waals surface area contributed by atoms with Crippen LogP contribution in [-0.4, -0.2) is 44.1 Å². The molecule has 0 N–H and O–H groups in total. The Morgan fingerprint density at radius 2 is 1.86 bits per heavy atom. The first-order valence-corrected chi connectivity index (χ1v) is 7.01. The minimum absolute atomic E-state index is 0.0458. The average molecular weight is 293 g/mol. The zero-order chi connectivity index (χ0) is 15.8. The number of likely N-dealkylation sites (N-methyl/N-ethyl adjacent to an activating group) is 1. The van der Waals surface area contributed by atoms with Crippen molar-refractivity contribution in [3.8, 4) is 5.75 Å². The van der Waals surface area contributed by atoms with Crippen LogP contribution in [0.25, 0.3) is 0 Å². The van der Waals surface area contributed by atoms with Crippen LogP contribution in [0.2, 0.25) is 0 Å². The molecule has 1 unspecified atom stereocenters. The van der Waals surface area contributed by atoms with Crippen molar-refractivity contribution in [2.45, 2.75) is 20.3 Å². The van der Waals surface area contributed by atoms with Crippen molar-refractivity contribution in [2.75, 3.05) is 27.3 Å². The van der Waals surface area contributed by atoms with Crippen LogP contribution in [0.5, 0.6) is 5.75 Å². The van der Waals surface area contributed by atoms with Crippen LogP contribution < -0.4 is 4.74 Å². The molecule has 0 bridgehead atoms. The van der Waals surface area contributed by atoms with Crippen molar-refractivity contribution < 1.29 is 19.1 Å². The Labute approximate surface area is 125 Å². The van der Waals surface area contributed by atoms with Gasteiger partial charge in [0.1, 0.15) is 5.75 Å². The zero-order valence-electron chi connectivity index (χ0n) is 13.1. The van der Waals surface area contributed by atoms with Gasteiger partial charge in [0.05, 0.1) is 13.0 Å². The number of ether oxygens (including phenoxy) is 2. The van der Waals surface area contributed by atoms with Gasteiger partial charge in [-0.25, -0.2) is 0 Å². The van der Waals surface area contributed by atoms with Crippen LogP contribution in [0.4, 0.5) is 0 Å². The molecule has 0 aliphatic heterocycles. The third-order valence-corrected chi connectivity index (χ3v) is 3.27. The smallest absolute Gasteiger partial charge is 0.310 e. The Kier molecular flexibility index (Phi) is 6.72. The minimum atomic E-state index is -0.354. The normalized spacial score (nSPS) is 11.6. The van der Waals surface area contributed by atoms with E-state index >= 15 is 0 Å². The minimum Gasteiger partial charge on any atom is -0.484 e. The number of carbonyl (C=O) groups is 2. The van der Waals surface area contributed by atoms with E-state index in [9.17, 15) is 9.59 Å². The maximum Gasteiger partial charge on any atom is 0.310 e. The first-order valence-electron chi connectivity index (χ1n) is 7.01. The second-order valence-electron chi connectivity index (χ2n) is 4.98. The summed E-state index contributed by atoms with van der Waals surface area (Å²) in [7, 11) is 2.98. The lowest BCUT2D eigenvalue weighted by atomic mass is 10.2. The summed E-state index contributed by atoms with van der Waals surface area (Å²) in [5.41, 5.74) is 1.22. The number of methoxy groups -OCH3 is 1. The molecular weight excluding hydrogens is 270 g/mol. The van der Waals surface area contributed by atoms with Gasteiger partial charge in [0.2, 0.25) is 0 Å². The van der Waals surface area contributed by atoms with Gasteiger partial charge >= 0.3 is 5.97 Å². The summed E-state index contributed by atoms with van der Waals surface area (Å²) in [6, 6.07) is 7.65. The highest BCUT2D eigenvalue weighted by Gasteiger charge is 2.18. The van der Waals surface area contributed by atoms with E-state index in [4.69, 9.17) is 4.74 Å². The SMILES string of the molecule is CCc1ccc(OCC(=O)N(C)CC(C)C(=O)OC)cc1. The lowest BCUT2D eigenvalue weighted by molar-refractivity contribution is -0.146. The molecule has 5 heteroatoms. The molecule has 0 radical (unpaired) electrons. The molecule has 0 aromatic heterocycles. The van der Waals surface area contributed by atoms with Crippen LogP contribution in [0.15, 0.2) is 24.3 Å². The van der Waals surface area contributed by atoms with Crippen molar-refractivity contribution in [1.82, 2.24) is 4.90 Å². The fourth-order valence-corrected chi connectivity index (χ4v) is 1.86. The first kappa shape index (κ1) is 17.0. The molecule has 1 amide bonds. The summed E-state index contributed by atoms with van der Waals surface area (Å²) in [4.78, 5) is 24.7. The number of esters is 1. The molecule has 0 saturated heterocycles. The van der Waals surface area contributed by atoms with Gasteiger partial charge in [-0.1, -0.05) is 26.0 Å². The molecule has 0 aliphatic rings. The summed E-state index contributed by atoms with van der Waals surface area (Å²) >= 11 is 0. The maximum absolute atomic E-state index is 11.9. The van der Waals surface area contributed by atoms with E-state index in [1.54, 1.807) is 14.0 Å². The van der Waals surface area contributed by atoms with Gasteiger partial charge in [-0.2, -0.15) is 0 Å². The quantitative estimate of drug-likeness (QED) is 0.720. The Balaban J connectivity index is 2.43. The summed E-state index contributed by atoms with van der Waals surface area (Å²) in [5, 5.41) is 0. The van der Waals surface area contributed by atoms with E-state index < -0.39 is 0 Å². The van der Waals surface area contributed by atoms with Crippen LogP contribution in [0.3, 0.4) is 0 Å². The Morgan fingerprint density at radius 1 is 1.24 bits per heavy atom. The number of nitrogens with zero attached hydrogens (tertiary/aromatic N) is 1. The van der Waals surface area contributed by atoms with Crippen LogP contribution in [0, 0.1) is 5.92 Å². The second kappa shape index (κ2) is 8.29. The van der Waals surface area contributed by atoms with E-state index in [0.29, 0.717) is 12.3 Å². The highest BCUT2D eigenvalue weighted by atomic mass is 16.5. The lowest BCUT2D eigenvalue weighted by Gasteiger charge is -2.20. The lowest BCUT2D eigenvalue weighted by Crippen LogP contribution is -2.37. The molecule has 0 heterocycles. The molecule has 0 saturated carbocycles. The highest BCUT2D eigenvalue weighted by molar-refractivity contribution is 5.78. The third-order valence-electron chi connectivity index (χ3n) is 3.27. The summed E-state index contributed by atoms with van der Waals surface area (Å²) in [6.07, 6.45) is 0.966. The molecule has 1 atom stereocenters. The van der Waals surface area contributed by atoms with Crippen molar-refractivity contribution >= 4 is 11.9 Å². The van der Waals surface area contributed by atoms with Gasteiger partial charge < -0.3 is 14.4 Å².